The first kappa shape index (κ1) is 13.6. The van der Waals surface area contributed by atoms with Gasteiger partial charge in [-0.05, 0) is 17.7 Å². The number of halogens is 1. The highest BCUT2D eigenvalue weighted by atomic mass is 79.9. The van der Waals surface area contributed by atoms with E-state index in [2.05, 4.69) is 34.1 Å². The highest BCUT2D eigenvalue weighted by Gasteiger charge is 2.11. The fourth-order valence-corrected chi connectivity index (χ4v) is 2.39. The first-order valence-electron chi connectivity index (χ1n) is 6.08. The average molecular weight is 316 g/mol. The molecule has 0 radical (unpaired) electrons. The van der Waals surface area contributed by atoms with Gasteiger partial charge >= 0.3 is 0 Å². The van der Waals surface area contributed by atoms with E-state index in [-0.39, 0.29) is 5.92 Å². The molecule has 0 bridgehead atoms. The second kappa shape index (κ2) is 6.96. The van der Waals surface area contributed by atoms with Gasteiger partial charge in [-0.15, -0.1) is 0 Å². The van der Waals surface area contributed by atoms with Crippen molar-refractivity contribution in [3.05, 3.63) is 65.7 Å². The Kier molecular flexibility index (Phi) is 5.00. The van der Waals surface area contributed by atoms with Gasteiger partial charge in [-0.3, -0.25) is 0 Å². The lowest BCUT2D eigenvalue weighted by atomic mass is 10.0. The van der Waals surface area contributed by atoms with E-state index in [1.54, 1.807) is 6.07 Å². The van der Waals surface area contributed by atoms with Crippen molar-refractivity contribution in [3.8, 4) is 11.8 Å². The van der Waals surface area contributed by atoms with Crippen LogP contribution in [0.5, 0.6) is 5.75 Å². The van der Waals surface area contributed by atoms with Crippen LogP contribution in [0.1, 0.15) is 17.0 Å². The molecule has 0 aromatic heterocycles. The van der Waals surface area contributed by atoms with Crippen LogP contribution >= 0.6 is 15.9 Å². The van der Waals surface area contributed by atoms with Crippen molar-refractivity contribution >= 4 is 15.9 Å². The van der Waals surface area contributed by atoms with Crippen LogP contribution in [0.2, 0.25) is 0 Å². The van der Waals surface area contributed by atoms with E-state index >= 15 is 0 Å². The fourth-order valence-electron chi connectivity index (χ4n) is 1.83. The van der Waals surface area contributed by atoms with E-state index in [0.29, 0.717) is 17.9 Å². The van der Waals surface area contributed by atoms with Crippen LogP contribution in [-0.4, -0.2) is 11.9 Å². The summed E-state index contributed by atoms with van der Waals surface area (Å²) in [7, 11) is 0. The smallest absolute Gasteiger partial charge is 0.137 e. The van der Waals surface area contributed by atoms with Crippen LogP contribution in [0.25, 0.3) is 0 Å². The normalized spacial score (nSPS) is 11.6. The zero-order valence-electron chi connectivity index (χ0n) is 10.4. The molecule has 96 valence electrons. The highest BCUT2D eigenvalue weighted by Crippen LogP contribution is 2.22. The zero-order valence-corrected chi connectivity index (χ0v) is 12.0. The molecule has 0 amide bonds. The first-order chi connectivity index (χ1) is 9.35. The van der Waals surface area contributed by atoms with Gasteiger partial charge in [0.1, 0.15) is 11.8 Å². The van der Waals surface area contributed by atoms with E-state index < -0.39 is 0 Å². The molecule has 3 heteroatoms. The van der Waals surface area contributed by atoms with Gasteiger partial charge < -0.3 is 4.74 Å². The minimum absolute atomic E-state index is 0.271. The average Bonchev–Trinajstić information content (AvgIpc) is 2.49. The molecule has 0 aliphatic heterocycles. The summed E-state index contributed by atoms with van der Waals surface area (Å²) < 4.78 is 5.78. The van der Waals surface area contributed by atoms with Gasteiger partial charge in [0, 0.05) is 11.2 Å². The van der Waals surface area contributed by atoms with Gasteiger partial charge in [0.2, 0.25) is 0 Å². The Bertz CT molecular complexity index is 562. The molecule has 0 aliphatic rings. The maximum atomic E-state index is 9.02. The molecule has 0 fully saturated rings. The lowest BCUT2D eigenvalue weighted by Gasteiger charge is -2.16. The van der Waals surface area contributed by atoms with Crippen LogP contribution in [0.4, 0.5) is 0 Å². The summed E-state index contributed by atoms with van der Waals surface area (Å²) in [6, 6.07) is 19.7. The topological polar surface area (TPSA) is 33.0 Å². The number of para-hydroxylation sites is 1. The van der Waals surface area contributed by atoms with Gasteiger partial charge in [0.25, 0.3) is 0 Å². The second-order valence-electron chi connectivity index (χ2n) is 4.18. The monoisotopic (exact) mass is 315 g/mol. The van der Waals surface area contributed by atoms with E-state index in [9.17, 15) is 0 Å². The van der Waals surface area contributed by atoms with Crippen molar-refractivity contribution in [2.45, 2.75) is 5.92 Å². The third-order valence-electron chi connectivity index (χ3n) is 2.90. The summed E-state index contributed by atoms with van der Waals surface area (Å²) in [6.45, 7) is 0.550. The molecule has 2 rings (SSSR count). The molecule has 0 heterocycles. The van der Waals surface area contributed by atoms with Crippen LogP contribution in [0.3, 0.4) is 0 Å². The summed E-state index contributed by atoms with van der Waals surface area (Å²) in [5.74, 6) is 0.917. The molecule has 2 aromatic rings. The number of nitriles is 1. The van der Waals surface area contributed by atoms with Crippen molar-refractivity contribution in [2.24, 2.45) is 0 Å². The predicted octanol–water partition coefficient (Wildman–Crippen LogP) is 4.12. The van der Waals surface area contributed by atoms with Crippen LogP contribution in [0, 0.1) is 11.3 Å². The van der Waals surface area contributed by atoms with Crippen molar-refractivity contribution in [2.75, 3.05) is 11.9 Å². The van der Waals surface area contributed by atoms with Gasteiger partial charge in [-0.25, -0.2) is 0 Å². The molecule has 0 aliphatic carbocycles. The Labute approximate surface area is 121 Å². The third-order valence-corrected chi connectivity index (χ3v) is 3.69. The largest absolute Gasteiger partial charge is 0.492 e. The molecule has 0 saturated heterocycles. The van der Waals surface area contributed by atoms with Crippen molar-refractivity contribution < 1.29 is 4.74 Å². The van der Waals surface area contributed by atoms with Crippen LogP contribution in [0.15, 0.2) is 54.6 Å². The fraction of sp³-hybridized carbons (Fsp3) is 0.188. The lowest BCUT2D eigenvalue weighted by Crippen LogP contribution is -2.12. The van der Waals surface area contributed by atoms with E-state index in [1.807, 2.05) is 36.4 Å². The van der Waals surface area contributed by atoms with Crippen LogP contribution < -0.4 is 4.74 Å². The molecule has 0 N–H and O–H groups in total. The molecular formula is C16H14BrNO. The summed E-state index contributed by atoms with van der Waals surface area (Å²) in [4.78, 5) is 0. The van der Waals surface area contributed by atoms with Crippen molar-refractivity contribution in [3.63, 3.8) is 0 Å². The Morgan fingerprint density at radius 2 is 1.74 bits per heavy atom. The van der Waals surface area contributed by atoms with Crippen molar-refractivity contribution in [1.29, 1.82) is 5.26 Å². The SMILES string of the molecule is N#Cc1ccccc1OCC(CBr)c1ccccc1. The van der Waals surface area contributed by atoms with E-state index in [1.165, 1.54) is 5.56 Å². The molecule has 0 saturated carbocycles. The summed E-state index contributed by atoms with van der Waals surface area (Å²) in [6.07, 6.45) is 0. The zero-order chi connectivity index (χ0) is 13.5. The highest BCUT2D eigenvalue weighted by molar-refractivity contribution is 9.09. The number of rotatable bonds is 5. The lowest BCUT2D eigenvalue weighted by molar-refractivity contribution is 0.297. The van der Waals surface area contributed by atoms with Crippen molar-refractivity contribution in [1.82, 2.24) is 0 Å². The molecule has 1 atom stereocenters. The Balaban J connectivity index is 2.07. The number of hydrogen-bond donors (Lipinski definition) is 0. The first-order valence-corrected chi connectivity index (χ1v) is 7.20. The van der Waals surface area contributed by atoms with Gasteiger partial charge in [-0.1, -0.05) is 58.4 Å². The summed E-state index contributed by atoms with van der Waals surface area (Å²) in [5, 5.41) is 9.84. The number of benzene rings is 2. The van der Waals surface area contributed by atoms with Crippen LogP contribution in [-0.2, 0) is 0 Å². The quantitative estimate of drug-likeness (QED) is 0.778. The number of nitrogens with zero attached hydrogens (tertiary/aromatic N) is 1. The number of alkyl halides is 1. The molecular weight excluding hydrogens is 302 g/mol. The molecule has 2 nitrogen and oxygen atoms in total. The standard InChI is InChI=1S/C16H14BrNO/c17-10-15(13-6-2-1-3-7-13)12-19-16-9-5-4-8-14(16)11-18/h1-9,15H,10,12H2. The summed E-state index contributed by atoms with van der Waals surface area (Å²) in [5.41, 5.74) is 1.80. The van der Waals surface area contributed by atoms with Gasteiger partial charge in [0.05, 0.1) is 12.2 Å². The van der Waals surface area contributed by atoms with E-state index in [0.717, 1.165) is 5.33 Å². The van der Waals surface area contributed by atoms with Gasteiger partial charge in [0.15, 0.2) is 0 Å². The molecule has 0 spiro atoms. The maximum absolute atomic E-state index is 9.02. The minimum Gasteiger partial charge on any atom is -0.492 e. The minimum atomic E-state index is 0.271. The predicted molar refractivity (Wildman–Crippen MR) is 79.6 cm³/mol. The summed E-state index contributed by atoms with van der Waals surface area (Å²) >= 11 is 3.52. The third kappa shape index (κ3) is 3.59. The molecule has 1 unspecified atom stereocenters. The second-order valence-corrected chi connectivity index (χ2v) is 4.83. The Hall–Kier alpha value is -1.79. The number of hydrogen-bond acceptors (Lipinski definition) is 2. The maximum Gasteiger partial charge on any atom is 0.137 e. The Morgan fingerprint density at radius 3 is 2.42 bits per heavy atom. The number of ether oxygens (including phenoxy) is 1. The molecule has 19 heavy (non-hydrogen) atoms. The Morgan fingerprint density at radius 1 is 1.05 bits per heavy atom. The van der Waals surface area contributed by atoms with E-state index in [4.69, 9.17) is 10.00 Å². The van der Waals surface area contributed by atoms with Gasteiger partial charge in [-0.2, -0.15) is 5.26 Å². The molecule has 2 aromatic carbocycles.